The molecular formula is C19H18BrClN4OS. The molecule has 0 aliphatic heterocycles. The minimum atomic E-state index is -0.318. The Morgan fingerprint density at radius 1 is 1.19 bits per heavy atom. The predicted octanol–water partition coefficient (Wildman–Crippen LogP) is 5.50. The zero-order valence-electron chi connectivity index (χ0n) is 14.8. The van der Waals surface area contributed by atoms with Crippen LogP contribution < -0.4 is 5.32 Å². The van der Waals surface area contributed by atoms with E-state index in [0.717, 1.165) is 21.5 Å². The van der Waals surface area contributed by atoms with Crippen LogP contribution in [0.3, 0.4) is 0 Å². The molecule has 1 atom stereocenters. The van der Waals surface area contributed by atoms with Crippen molar-refractivity contribution in [2.24, 2.45) is 0 Å². The van der Waals surface area contributed by atoms with Gasteiger partial charge in [0, 0.05) is 27.3 Å². The summed E-state index contributed by atoms with van der Waals surface area (Å²) in [7, 11) is 0. The minimum Gasteiger partial charge on any atom is -0.325 e. The van der Waals surface area contributed by atoms with Gasteiger partial charge in [-0.2, -0.15) is 0 Å². The fraction of sp³-hybridized carbons (Fsp3) is 0.211. The number of hydrogen-bond acceptors (Lipinski definition) is 4. The molecule has 1 aromatic heterocycles. The van der Waals surface area contributed by atoms with Crippen LogP contribution in [0.5, 0.6) is 0 Å². The topological polar surface area (TPSA) is 59.8 Å². The fourth-order valence-electron chi connectivity index (χ4n) is 2.46. The number of aromatic nitrogens is 3. The molecular weight excluding hydrogens is 448 g/mol. The third-order valence-electron chi connectivity index (χ3n) is 3.90. The summed E-state index contributed by atoms with van der Waals surface area (Å²) in [5.74, 6) is 0.679. The number of amides is 1. The Bertz CT molecular complexity index is 928. The molecule has 2 aromatic carbocycles. The van der Waals surface area contributed by atoms with Gasteiger partial charge in [-0.25, -0.2) is 0 Å². The molecule has 1 unspecified atom stereocenters. The highest BCUT2D eigenvalue weighted by molar-refractivity contribution is 9.10. The van der Waals surface area contributed by atoms with Crippen LogP contribution in [0.4, 0.5) is 5.69 Å². The summed E-state index contributed by atoms with van der Waals surface area (Å²) in [6, 6.07) is 15.0. The molecule has 1 heterocycles. The number of nitrogens with zero attached hydrogens (tertiary/aromatic N) is 3. The third-order valence-corrected chi connectivity index (χ3v) is 5.76. The SMILES string of the molecule is CCn1c(SC(C)C(=O)Nc2ccc(Br)cc2)nnc1-c1ccc(Cl)cc1. The van der Waals surface area contributed by atoms with Crippen molar-refractivity contribution < 1.29 is 4.79 Å². The van der Waals surface area contributed by atoms with Crippen molar-refractivity contribution in [3.05, 3.63) is 58.0 Å². The zero-order chi connectivity index (χ0) is 19.4. The molecule has 0 saturated carbocycles. The Balaban J connectivity index is 1.73. The zero-order valence-corrected chi connectivity index (χ0v) is 18.0. The van der Waals surface area contributed by atoms with Crippen LogP contribution in [-0.2, 0) is 11.3 Å². The molecule has 140 valence electrons. The summed E-state index contributed by atoms with van der Waals surface area (Å²) >= 11 is 10.7. The number of anilines is 1. The number of hydrogen-bond donors (Lipinski definition) is 1. The van der Waals surface area contributed by atoms with Gasteiger partial charge in [-0.15, -0.1) is 10.2 Å². The average molecular weight is 466 g/mol. The normalized spacial score (nSPS) is 12.0. The smallest absolute Gasteiger partial charge is 0.237 e. The second-order valence-electron chi connectivity index (χ2n) is 5.81. The van der Waals surface area contributed by atoms with E-state index in [9.17, 15) is 4.79 Å². The molecule has 0 spiro atoms. The number of halogens is 2. The van der Waals surface area contributed by atoms with E-state index in [-0.39, 0.29) is 11.2 Å². The summed E-state index contributed by atoms with van der Waals surface area (Å²) in [5.41, 5.74) is 1.70. The van der Waals surface area contributed by atoms with Crippen LogP contribution in [0.1, 0.15) is 13.8 Å². The average Bonchev–Trinajstić information content (AvgIpc) is 3.06. The number of nitrogens with one attached hydrogen (secondary N) is 1. The lowest BCUT2D eigenvalue weighted by molar-refractivity contribution is -0.115. The first-order valence-electron chi connectivity index (χ1n) is 8.40. The first kappa shape index (κ1) is 19.9. The van der Waals surface area contributed by atoms with E-state index in [1.807, 2.05) is 66.9 Å². The van der Waals surface area contributed by atoms with Crippen LogP contribution in [0, 0.1) is 0 Å². The number of carbonyl (C=O) groups is 1. The summed E-state index contributed by atoms with van der Waals surface area (Å²) in [6.07, 6.45) is 0. The van der Waals surface area contributed by atoms with Crippen molar-refractivity contribution in [1.82, 2.24) is 14.8 Å². The van der Waals surface area contributed by atoms with E-state index in [4.69, 9.17) is 11.6 Å². The number of carbonyl (C=O) groups excluding carboxylic acids is 1. The summed E-state index contributed by atoms with van der Waals surface area (Å²) < 4.78 is 2.96. The van der Waals surface area contributed by atoms with Gasteiger partial charge in [0.1, 0.15) is 0 Å². The second kappa shape index (κ2) is 8.91. The summed E-state index contributed by atoms with van der Waals surface area (Å²) in [4.78, 5) is 12.5. The van der Waals surface area contributed by atoms with Crippen molar-refractivity contribution in [1.29, 1.82) is 0 Å². The molecule has 8 heteroatoms. The Labute approximate surface area is 175 Å². The van der Waals surface area contributed by atoms with Gasteiger partial charge < -0.3 is 9.88 Å². The lowest BCUT2D eigenvalue weighted by atomic mass is 10.2. The first-order chi connectivity index (χ1) is 13.0. The Morgan fingerprint density at radius 3 is 2.48 bits per heavy atom. The number of benzene rings is 2. The van der Waals surface area contributed by atoms with E-state index >= 15 is 0 Å². The molecule has 0 aliphatic rings. The van der Waals surface area contributed by atoms with Crippen molar-refractivity contribution in [3.63, 3.8) is 0 Å². The predicted molar refractivity (Wildman–Crippen MR) is 114 cm³/mol. The highest BCUT2D eigenvalue weighted by Crippen LogP contribution is 2.28. The Kier molecular flexibility index (Phi) is 6.57. The van der Waals surface area contributed by atoms with E-state index in [1.54, 1.807) is 0 Å². The van der Waals surface area contributed by atoms with Gasteiger partial charge >= 0.3 is 0 Å². The molecule has 1 amide bonds. The Hall–Kier alpha value is -1.83. The third kappa shape index (κ3) is 4.91. The van der Waals surface area contributed by atoms with Gasteiger partial charge in [0.15, 0.2) is 11.0 Å². The molecule has 5 nitrogen and oxygen atoms in total. The maximum Gasteiger partial charge on any atom is 0.237 e. The lowest BCUT2D eigenvalue weighted by Gasteiger charge is -2.13. The van der Waals surface area contributed by atoms with E-state index in [1.165, 1.54) is 11.8 Å². The van der Waals surface area contributed by atoms with Crippen LogP contribution in [0.15, 0.2) is 58.2 Å². The van der Waals surface area contributed by atoms with E-state index < -0.39 is 0 Å². The molecule has 0 radical (unpaired) electrons. The fourth-order valence-corrected chi connectivity index (χ4v) is 3.77. The van der Waals surface area contributed by atoms with Gasteiger partial charge in [-0.05, 0) is 62.4 Å². The first-order valence-corrected chi connectivity index (χ1v) is 10.4. The maximum absolute atomic E-state index is 12.5. The van der Waals surface area contributed by atoms with Gasteiger partial charge in [0.25, 0.3) is 0 Å². The number of thioether (sulfide) groups is 1. The molecule has 3 rings (SSSR count). The highest BCUT2D eigenvalue weighted by Gasteiger charge is 2.20. The van der Waals surface area contributed by atoms with Gasteiger partial charge in [-0.3, -0.25) is 4.79 Å². The molecule has 0 fully saturated rings. The van der Waals surface area contributed by atoms with Crippen molar-refractivity contribution >= 4 is 50.9 Å². The summed E-state index contributed by atoms with van der Waals surface area (Å²) in [6.45, 7) is 4.59. The monoisotopic (exact) mass is 464 g/mol. The van der Waals surface area contributed by atoms with Crippen molar-refractivity contribution in [3.8, 4) is 11.4 Å². The van der Waals surface area contributed by atoms with Crippen LogP contribution >= 0.6 is 39.3 Å². The van der Waals surface area contributed by atoms with Crippen LogP contribution in [-0.4, -0.2) is 25.9 Å². The van der Waals surface area contributed by atoms with Crippen LogP contribution in [0.2, 0.25) is 5.02 Å². The standard InChI is InChI=1S/C19H18BrClN4OS/c1-3-25-17(13-4-8-15(21)9-5-13)23-24-19(25)27-12(2)18(26)22-16-10-6-14(20)7-11-16/h4-12H,3H2,1-2H3,(H,22,26). The largest absolute Gasteiger partial charge is 0.325 e. The molecule has 0 aliphatic carbocycles. The molecule has 3 aromatic rings. The Morgan fingerprint density at radius 2 is 1.85 bits per heavy atom. The van der Waals surface area contributed by atoms with Gasteiger partial charge in [0.05, 0.1) is 5.25 Å². The van der Waals surface area contributed by atoms with Gasteiger partial charge in [-0.1, -0.05) is 39.3 Å². The minimum absolute atomic E-state index is 0.0824. The highest BCUT2D eigenvalue weighted by atomic mass is 79.9. The lowest BCUT2D eigenvalue weighted by Crippen LogP contribution is -2.22. The van der Waals surface area contributed by atoms with Crippen LogP contribution in [0.25, 0.3) is 11.4 Å². The van der Waals surface area contributed by atoms with Crippen molar-refractivity contribution in [2.45, 2.75) is 30.8 Å². The second-order valence-corrected chi connectivity index (χ2v) is 8.47. The van der Waals surface area contributed by atoms with E-state index in [0.29, 0.717) is 16.7 Å². The quantitative estimate of drug-likeness (QED) is 0.488. The molecule has 0 saturated heterocycles. The number of rotatable bonds is 6. The molecule has 27 heavy (non-hydrogen) atoms. The van der Waals surface area contributed by atoms with Crippen molar-refractivity contribution in [2.75, 3.05) is 5.32 Å². The summed E-state index contributed by atoms with van der Waals surface area (Å²) in [5, 5.41) is 12.6. The van der Waals surface area contributed by atoms with Gasteiger partial charge in [0.2, 0.25) is 5.91 Å². The van der Waals surface area contributed by atoms with E-state index in [2.05, 4.69) is 31.4 Å². The molecule has 1 N–H and O–H groups in total. The molecule has 0 bridgehead atoms. The maximum atomic E-state index is 12.5.